The molecule has 0 aliphatic heterocycles. The second-order valence-corrected chi connectivity index (χ2v) is 7.87. The van der Waals surface area contributed by atoms with E-state index in [9.17, 15) is 10.2 Å². The minimum absolute atomic E-state index is 0.238. The Morgan fingerprint density at radius 1 is 1.17 bits per heavy atom. The van der Waals surface area contributed by atoms with Gasteiger partial charge in [-0.1, -0.05) is 27.2 Å². The lowest BCUT2D eigenvalue weighted by atomic mass is 9.54. The molecule has 2 heteroatoms. The maximum atomic E-state index is 9.97. The fourth-order valence-corrected chi connectivity index (χ4v) is 4.03. The first kappa shape index (κ1) is 16.0. The Morgan fingerprint density at radius 2 is 1.78 bits per heavy atom. The van der Waals surface area contributed by atoms with Gasteiger partial charge in [-0.15, -0.1) is 0 Å². The first-order valence-corrected chi connectivity index (χ1v) is 7.44. The third kappa shape index (κ3) is 3.96. The van der Waals surface area contributed by atoms with E-state index in [2.05, 4.69) is 20.8 Å². The van der Waals surface area contributed by atoms with Crippen molar-refractivity contribution in [3.05, 3.63) is 0 Å². The lowest BCUT2D eigenvalue weighted by molar-refractivity contribution is -0.0356. The fourth-order valence-electron chi connectivity index (χ4n) is 4.03. The number of hydrogen-bond donors (Lipinski definition) is 2. The van der Waals surface area contributed by atoms with Gasteiger partial charge in [-0.05, 0) is 62.7 Å². The van der Waals surface area contributed by atoms with Crippen molar-refractivity contribution < 1.29 is 10.2 Å². The van der Waals surface area contributed by atoms with Gasteiger partial charge in [-0.3, -0.25) is 0 Å². The van der Waals surface area contributed by atoms with Crippen molar-refractivity contribution >= 4 is 0 Å². The van der Waals surface area contributed by atoms with Crippen molar-refractivity contribution in [2.75, 3.05) is 6.61 Å². The SMILES string of the molecule is CC(C)(O)CC[C@H]1C(C)(C)CCC[C@]1(C)CCO. The molecule has 1 rings (SSSR count). The van der Waals surface area contributed by atoms with Crippen molar-refractivity contribution in [3.63, 3.8) is 0 Å². The van der Waals surface area contributed by atoms with Crippen LogP contribution in [0, 0.1) is 16.7 Å². The van der Waals surface area contributed by atoms with Crippen molar-refractivity contribution in [2.24, 2.45) is 16.7 Å². The highest BCUT2D eigenvalue weighted by Gasteiger charge is 2.45. The van der Waals surface area contributed by atoms with Crippen LogP contribution in [0.5, 0.6) is 0 Å². The van der Waals surface area contributed by atoms with E-state index >= 15 is 0 Å². The van der Waals surface area contributed by atoms with Gasteiger partial charge in [0.25, 0.3) is 0 Å². The number of aliphatic hydroxyl groups excluding tert-OH is 1. The maximum Gasteiger partial charge on any atom is 0.0591 e. The summed E-state index contributed by atoms with van der Waals surface area (Å²) < 4.78 is 0. The van der Waals surface area contributed by atoms with Crippen molar-refractivity contribution in [1.82, 2.24) is 0 Å². The first-order chi connectivity index (χ1) is 8.11. The van der Waals surface area contributed by atoms with Crippen LogP contribution in [0.25, 0.3) is 0 Å². The minimum atomic E-state index is -0.576. The number of aliphatic hydroxyl groups is 2. The van der Waals surface area contributed by atoms with Gasteiger partial charge in [-0.2, -0.15) is 0 Å². The minimum Gasteiger partial charge on any atom is -0.396 e. The standard InChI is InChI=1S/C16H32O2/c1-14(2)8-6-9-16(5,11-12-17)13(14)7-10-15(3,4)18/h13,17-18H,6-12H2,1-5H3/t13-,16+/m0/s1. The molecule has 0 amide bonds. The van der Waals surface area contributed by atoms with E-state index in [0.29, 0.717) is 11.3 Å². The summed E-state index contributed by atoms with van der Waals surface area (Å²) in [5.41, 5.74) is -0.0111. The Balaban J connectivity index is 2.82. The van der Waals surface area contributed by atoms with Crippen LogP contribution in [0.2, 0.25) is 0 Å². The highest BCUT2D eigenvalue weighted by molar-refractivity contribution is 4.95. The quantitative estimate of drug-likeness (QED) is 0.786. The van der Waals surface area contributed by atoms with E-state index in [1.807, 2.05) is 13.8 Å². The van der Waals surface area contributed by atoms with Crippen LogP contribution in [0.15, 0.2) is 0 Å². The molecule has 0 aromatic heterocycles. The lowest BCUT2D eigenvalue weighted by Crippen LogP contribution is -2.43. The summed E-state index contributed by atoms with van der Waals surface area (Å²) in [4.78, 5) is 0. The highest BCUT2D eigenvalue weighted by Crippen LogP contribution is 2.54. The zero-order chi connectivity index (χ0) is 14.0. The predicted molar refractivity (Wildman–Crippen MR) is 76.5 cm³/mol. The molecule has 0 spiro atoms. The van der Waals surface area contributed by atoms with E-state index in [4.69, 9.17) is 0 Å². The Hall–Kier alpha value is -0.0800. The molecule has 108 valence electrons. The van der Waals surface area contributed by atoms with E-state index in [-0.39, 0.29) is 12.0 Å². The van der Waals surface area contributed by atoms with E-state index in [1.165, 1.54) is 19.3 Å². The molecular weight excluding hydrogens is 224 g/mol. The van der Waals surface area contributed by atoms with Gasteiger partial charge >= 0.3 is 0 Å². The average Bonchev–Trinajstić information content (AvgIpc) is 2.13. The topological polar surface area (TPSA) is 40.5 Å². The molecule has 2 N–H and O–H groups in total. The molecule has 0 saturated heterocycles. The van der Waals surface area contributed by atoms with E-state index in [0.717, 1.165) is 19.3 Å². The van der Waals surface area contributed by atoms with Gasteiger partial charge < -0.3 is 10.2 Å². The van der Waals surface area contributed by atoms with Crippen LogP contribution in [0.4, 0.5) is 0 Å². The van der Waals surface area contributed by atoms with Crippen LogP contribution in [-0.4, -0.2) is 22.4 Å². The molecule has 18 heavy (non-hydrogen) atoms. The average molecular weight is 256 g/mol. The summed E-state index contributed by atoms with van der Waals surface area (Å²) in [6.45, 7) is 11.1. The lowest BCUT2D eigenvalue weighted by Gasteiger charge is -2.51. The van der Waals surface area contributed by atoms with Gasteiger partial charge in [0.05, 0.1) is 5.60 Å². The molecule has 1 fully saturated rings. The molecule has 1 aliphatic carbocycles. The summed E-state index contributed by atoms with van der Waals surface area (Å²) in [5.74, 6) is 0.595. The maximum absolute atomic E-state index is 9.97. The van der Waals surface area contributed by atoms with Crippen LogP contribution in [0.3, 0.4) is 0 Å². The Kier molecular flexibility index (Phi) is 4.88. The van der Waals surface area contributed by atoms with Gasteiger partial charge in [0.1, 0.15) is 0 Å². The second-order valence-electron chi connectivity index (χ2n) is 7.87. The molecule has 1 aliphatic rings. The van der Waals surface area contributed by atoms with Gasteiger partial charge in [0.15, 0.2) is 0 Å². The first-order valence-electron chi connectivity index (χ1n) is 7.44. The molecule has 0 aromatic carbocycles. The van der Waals surface area contributed by atoms with Crippen molar-refractivity contribution in [1.29, 1.82) is 0 Å². The third-order valence-corrected chi connectivity index (χ3v) is 5.08. The monoisotopic (exact) mass is 256 g/mol. The molecule has 1 saturated carbocycles. The van der Waals surface area contributed by atoms with Crippen LogP contribution < -0.4 is 0 Å². The second kappa shape index (κ2) is 5.50. The summed E-state index contributed by atoms with van der Waals surface area (Å²) in [6.07, 6.45) is 6.56. The molecular formula is C16H32O2. The molecule has 0 heterocycles. The molecule has 0 aromatic rings. The Morgan fingerprint density at radius 3 is 2.28 bits per heavy atom. The number of rotatable bonds is 5. The highest BCUT2D eigenvalue weighted by atomic mass is 16.3. The largest absolute Gasteiger partial charge is 0.396 e. The summed E-state index contributed by atoms with van der Waals surface area (Å²) in [7, 11) is 0. The van der Waals surface area contributed by atoms with Gasteiger partial charge in [0, 0.05) is 6.61 Å². The summed E-state index contributed by atoms with van der Waals surface area (Å²) in [6, 6.07) is 0. The zero-order valence-corrected chi connectivity index (χ0v) is 12.9. The van der Waals surface area contributed by atoms with Gasteiger partial charge in [0.2, 0.25) is 0 Å². The van der Waals surface area contributed by atoms with Crippen molar-refractivity contribution in [2.45, 2.75) is 78.7 Å². The van der Waals surface area contributed by atoms with Crippen LogP contribution in [0.1, 0.15) is 73.1 Å². The third-order valence-electron chi connectivity index (χ3n) is 5.08. The van der Waals surface area contributed by atoms with Gasteiger partial charge in [-0.25, -0.2) is 0 Å². The van der Waals surface area contributed by atoms with Crippen LogP contribution >= 0.6 is 0 Å². The molecule has 0 unspecified atom stereocenters. The fraction of sp³-hybridized carbons (Fsp3) is 1.00. The molecule has 2 atom stereocenters. The Labute approximate surface area is 113 Å². The number of hydrogen-bond acceptors (Lipinski definition) is 2. The molecule has 2 nitrogen and oxygen atoms in total. The van der Waals surface area contributed by atoms with E-state index in [1.54, 1.807) is 0 Å². The van der Waals surface area contributed by atoms with Crippen molar-refractivity contribution in [3.8, 4) is 0 Å². The van der Waals surface area contributed by atoms with Crippen LogP contribution in [-0.2, 0) is 0 Å². The summed E-state index contributed by atoms with van der Waals surface area (Å²) in [5, 5.41) is 19.3. The zero-order valence-electron chi connectivity index (χ0n) is 12.9. The summed E-state index contributed by atoms with van der Waals surface area (Å²) >= 11 is 0. The van der Waals surface area contributed by atoms with E-state index < -0.39 is 5.60 Å². The smallest absolute Gasteiger partial charge is 0.0591 e. The molecule has 0 bridgehead atoms. The normalized spacial score (nSPS) is 32.5. The Bertz CT molecular complexity index is 261. The predicted octanol–water partition coefficient (Wildman–Crippen LogP) is 3.75. The molecule has 0 radical (unpaired) electrons.